The molecule has 1 aromatic rings. The van der Waals surface area contributed by atoms with Crippen LogP contribution < -0.4 is 11.1 Å². The number of rotatable bonds is 28. The highest BCUT2D eigenvalue weighted by molar-refractivity contribution is 5.94. The van der Waals surface area contributed by atoms with Crippen LogP contribution >= 0.6 is 0 Å². The maximum Gasteiger partial charge on any atom is 0.305 e. The number of nitrogen functional groups attached to an aromatic ring is 1. The summed E-state index contributed by atoms with van der Waals surface area (Å²) in [4.78, 5) is 22.2. The quantitative estimate of drug-likeness (QED) is 0.0967. The minimum Gasteiger partial charge on any atom is -0.481 e. The molecule has 13 nitrogen and oxygen atoms in total. The number of carbonyl (C=O) groups excluding carboxylic acids is 1. The Kier molecular flexibility index (Phi) is 23.0. The number of aliphatic carboxylic acids is 1. The van der Waals surface area contributed by atoms with Crippen LogP contribution in [0.1, 0.15) is 16.8 Å². The van der Waals surface area contributed by atoms with Gasteiger partial charge in [0.05, 0.1) is 112 Å². The molecule has 13 heteroatoms. The van der Waals surface area contributed by atoms with E-state index in [1.54, 1.807) is 24.3 Å². The Labute approximate surface area is 230 Å². The number of anilines is 1. The summed E-state index contributed by atoms with van der Waals surface area (Å²) in [7, 11) is 0. The largest absolute Gasteiger partial charge is 0.481 e. The van der Waals surface area contributed by atoms with Crippen molar-refractivity contribution in [1.82, 2.24) is 5.32 Å². The Hall–Kier alpha value is -2.36. The molecule has 4 N–H and O–H groups in total. The lowest BCUT2D eigenvalue weighted by molar-refractivity contribution is -0.138. The summed E-state index contributed by atoms with van der Waals surface area (Å²) in [6.45, 7) is 7.32. The highest BCUT2D eigenvalue weighted by Gasteiger charge is 2.03. The molecule has 0 spiro atoms. The van der Waals surface area contributed by atoms with Gasteiger partial charge < -0.3 is 54.1 Å². The van der Waals surface area contributed by atoms with E-state index in [2.05, 4.69) is 5.32 Å². The first-order valence-corrected chi connectivity index (χ1v) is 13.1. The molecule has 1 aromatic carbocycles. The molecule has 0 aromatic heterocycles. The molecule has 0 saturated carbocycles. The number of ether oxygens (including phenoxy) is 8. The lowest BCUT2D eigenvalue weighted by atomic mass is 10.2. The van der Waals surface area contributed by atoms with Crippen molar-refractivity contribution in [1.29, 1.82) is 0 Å². The van der Waals surface area contributed by atoms with Crippen LogP contribution in [0, 0.1) is 0 Å². The van der Waals surface area contributed by atoms with Crippen molar-refractivity contribution in [2.45, 2.75) is 6.42 Å². The van der Waals surface area contributed by atoms with Crippen molar-refractivity contribution in [3.8, 4) is 0 Å². The van der Waals surface area contributed by atoms with Crippen molar-refractivity contribution in [3.63, 3.8) is 0 Å². The lowest BCUT2D eigenvalue weighted by Crippen LogP contribution is -2.27. The molecule has 0 aliphatic rings. The third-order valence-electron chi connectivity index (χ3n) is 4.77. The highest BCUT2D eigenvalue weighted by atomic mass is 16.6. The zero-order chi connectivity index (χ0) is 28.2. The van der Waals surface area contributed by atoms with Gasteiger partial charge in [-0.25, -0.2) is 0 Å². The minimum atomic E-state index is -0.877. The van der Waals surface area contributed by atoms with E-state index in [0.717, 1.165) is 0 Å². The van der Waals surface area contributed by atoms with E-state index in [-0.39, 0.29) is 18.9 Å². The summed E-state index contributed by atoms with van der Waals surface area (Å²) in [6, 6.07) is 6.73. The third kappa shape index (κ3) is 23.3. The summed E-state index contributed by atoms with van der Waals surface area (Å²) >= 11 is 0. The van der Waals surface area contributed by atoms with Crippen molar-refractivity contribution in [2.24, 2.45) is 0 Å². The Morgan fingerprint density at radius 1 is 0.564 bits per heavy atom. The number of nitrogens with one attached hydrogen (secondary N) is 1. The fraction of sp³-hybridized carbons (Fsp3) is 0.692. The van der Waals surface area contributed by atoms with Crippen LogP contribution in [0.3, 0.4) is 0 Å². The van der Waals surface area contributed by atoms with Crippen molar-refractivity contribution in [3.05, 3.63) is 29.8 Å². The average Bonchev–Trinajstić information content (AvgIpc) is 2.92. The number of carboxylic acid groups (broad SMARTS) is 1. The zero-order valence-corrected chi connectivity index (χ0v) is 22.6. The van der Waals surface area contributed by atoms with Gasteiger partial charge in [0.1, 0.15) is 0 Å². The van der Waals surface area contributed by atoms with Gasteiger partial charge in [-0.05, 0) is 24.3 Å². The number of hydrogen-bond acceptors (Lipinski definition) is 11. The summed E-state index contributed by atoms with van der Waals surface area (Å²) in [5.41, 5.74) is 6.78. The fourth-order valence-electron chi connectivity index (χ4n) is 2.77. The second-order valence-corrected chi connectivity index (χ2v) is 7.92. The van der Waals surface area contributed by atoms with E-state index in [9.17, 15) is 9.59 Å². The lowest BCUT2D eigenvalue weighted by Gasteiger charge is -2.09. The molecule has 0 bridgehead atoms. The topological polar surface area (TPSA) is 166 Å². The van der Waals surface area contributed by atoms with Crippen LogP contribution in [0.15, 0.2) is 24.3 Å². The van der Waals surface area contributed by atoms with Gasteiger partial charge in [0, 0.05) is 17.8 Å². The normalized spacial score (nSPS) is 11.1. The van der Waals surface area contributed by atoms with E-state index >= 15 is 0 Å². The molecule has 0 aliphatic carbocycles. The van der Waals surface area contributed by atoms with E-state index in [0.29, 0.717) is 117 Å². The summed E-state index contributed by atoms with van der Waals surface area (Å²) in [5.74, 6) is -1.04. The number of benzene rings is 1. The van der Waals surface area contributed by atoms with Crippen LogP contribution in [0.4, 0.5) is 5.69 Å². The first kappa shape index (κ1) is 34.7. The summed E-state index contributed by atoms with van der Waals surface area (Å²) in [6.07, 6.45) is -0.00514. The predicted octanol–water partition coefficient (Wildman–Crippen LogP) is 0.606. The standard InChI is InChI=1S/C26H44N2O11/c27-24-3-1-23(2-4-24)26(31)28-6-8-33-10-12-35-14-16-37-18-20-39-22-21-38-19-17-36-15-13-34-11-9-32-7-5-25(29)30/h1-4H,5-22,27H2,(H,28,31)(H,29,30). The van der Waals surface area contributed by atoms with E-state index in [4.69, 9.17) is 48.7 Å². The van der Waals surface area contributed by atoms with Crippen LogP contribution in [0.2, 0.25) is 0 Å². The van der Waals surface area contributed by atoms with Gasteiger partial charge in [0.2, 0.25) is 0 Å². The SMILES string of the molecule is Nc1ccc(C(=O)NCCOCCOCCOCCOCCOCCOCCOCCOCCC(=O)O)cc1. The average molecular weight is 561 g/mol. The summed E-state index contributed by atoms with van der Waals surface area (Å²) in [5, 5.41) is 11.2. The molecule has 1 rings (SSSR count). The van der Waals surface area contributed by atoms with Gasteiger partial charge in [-0.2, -0.15) is 0 Å². The van der Waals surface area contributed by atoms with E-state index in [1.165, 1.54) is 0 Å². The van der Waals surface area contributed by atoms with E-state index < -0.39 is 5.97 Å². The second-order valence-electron chi connectivity index (χ2n) is 7.92. The smallest absolute Gasteiger partial charge is 0.305 e. The number of carboxylic acids is 1. The monoisotopic (exact) mass is 560 g/mol. The number of carbonyl (C=O) groups is 2. The highest BCUT2D eigenvalue weighted by Crippen LogP contribution is 2.04. The molecule has 0 fully saturated rings. The van der Waals surface area contributed by atoms with Crippen LogP contribution in [0.25, 0.3) is 0 Å². The third-order valence-corrected chi connectivity index (χ3v) is 4.77. The molecule has 0 radical (unpaired) electrons. The van der Waals surface area contributed by atoms with Crippen molar-refractivity contribution >= 4 is 17.6 Å². The first-order chi connectivity index (χ1) is 19.1. The Morgan fingerprint density at radius 3 is 1.26 bits per heavy atom. The maximum atomic E-state index is 11.9. The Bertz CT molecular complexity index is 722. The minimum absolute atomic E-state index is 0.00514. The molecular weight excluding hydrogens is 516 g/mol. The molecule has 224 valence electrons. The number of amides is 1. The Morgan fingerprint density at radius 2 is 0.897 bits per heavy atom. The number of hydrogen-bond donors (Lipinski definition) is 3. The van der Waals surface area contributed by atoms with Gasteiger partial charge in [-0.1, -0.05) is 0 Å². The van der Waals surface area contributed by atoms with Gasteiger partial charge in [-0.15, -0.1) is 0 Å². The van der Waals surface area contributed by atoms with E-state index in [1.807, 2.05) is 0 Å². The zero-order valence-electron chi connectivity index (χ0n) is 22.6. The van der Waals surface area contributed by atoms with Gasteiger partial charge in [-0.3, -0.25) is 9.59 Å². The number of nitrogens with two attached hydrogens (primary N) is 1. The molecule has 1 amide bonds. The molecule has 0 atom stereocenters. The fourth-order valence-corrected chi connectivity index (χ4v) is 2.77. The van der Waals surface area contributed by atoms with Gasteiger partial charge >= 0.3 is 5.97 Å². The first-order valence-electron chi connectivity index (χ1n) is 13.1. The Balaban J connectivity index is 1.68. The second kappa shape index (κ2) is 25.9. The summed E-state index contributed by atoms with van der Waals surface area (Å²) < 4.78 is 42.9. The molecule has 0 unspecified atom stereocenters. The molecular formula is C26H44N2O11. The predicted molar refractivity (Wildman–Crippen MR) is 142 cm³/mol. The molecule has 0 heterocycles. The van der Waals surface area contributed by atoms with Gasteiger partial charge in [0.25, 0.3) is 5.91 Å². The van der Waals surface area contributed by atoms with Crippen LogP contribution in [-0.2, 0) is 42.7 Å². The van der Waals surface area contributed by atoms with Crippen LogP contribution in [0.5, 0.6) is 0 Å². The molecule has 0 aliphatic heterocycles. The molecule has 0 saturated heterocycles. The molecule has 39 heavy (non-hydrogen) atoms. The van der Waals surface area contributed by atoms with Crippen molar-refractivity contribution in [2.75, 3.05) is 118 Å². The van der Waals surface area contributed by atoms with Gasteiger partial charge in [0.15, 0.2) is 0 Å². The maximum absolute atomic E-state index is 11.9. The van der Waals surface area contributed by atoms with Crippen LogP contribution in [-0.4, -0.2) is 129 Å². The van der Waals surface area contributed by atoms with Crippen molar-refractivity contribution < 1.29 is 52.6 Å².